The Labute approximate surface area is 92.6 Å². The standard InChI is InChI=1S/C6H6S.Cu.H4NO3P/c7-6-4-2-1-3-5-6;;1-5(2,3)4/h1-5,7H;;(H4,1,2,3,4)/q;+2;/p-3. The summed E-state index contributed by atoms with van der Waals surface area (Å²) in [6, 6.07) is 9.62. The van der Waals surface area contributed by atoms with E-state index in [1.54, 1.807) is 0 Å². The van der Waals surface area contributed by atoms with Gasteiger partial charge < -0.3 is 32.5 Å². The Morgan fingerprint density at radius 1 is 1.23 bits per heavy atom. The first-order valence-corrected chi connectivity index (χ1v) is 4.94. The van der Waals surface area contributed by atoms with Gasteiger partial charge in [-0.3, -0.25) is 0 Å². The normalized spacial score (nSPS) is 9.15. The summed E-state index contributed by atoms with van der Waals surface area (Å²) in [5, 5.41) is 0. The fourth-order valence-corrected chi connectivity index (χ4v) is 0.578. The second-order valence-electron chi connectivity index (χ2n) is 1.85. The summed E-state index contributed by atoms with van der Waals surface area (Å²) < 4.78 is 8.88. The molecule has 1 aromatic rings. The van der Waals surface area contributed by atoms with Crippen LogP contribution in [-0.4, -0.2) is 0 Å². The second kappa shape index (κ2) is 7.47. The monoisotopic (exact) mass is 267 g/mol. The molecule has 77 valence electrons. The van der Waals surface area contributed by atoms with E-state index in [0.29, 0.717) is 0 Å². The van der Waals surface area contributed by atoms with Crippen LogP contribution in [-0.2, 0) is 34.3 Å². The third-order valence-electron chi connectivity index (χ3n) is 0.743. The molecule has 1 radical (unpaired) electrons. The quantitative estimate of drug-likeness (QED) is 0.384. The van der Waals surface area contributed by atoms with Crippen LogP contribution in [0.5, 0.6) is 0 Å². The number of benzene rings is 1. The minimum atomic E-state index is -4.64. The van der Waals surface area contributed by atoms with E-state index in [2.05, 4.69) is 5.50 Å². The number of rotatable bonds is 0. The molecule has 0 unspecified atom stereocenters. The van der Waals surface area contributed by atoms with Crippen molar-refractivity contribution >= 4 is 20.4 Å². The molecule has 0 bridgehead atoms. The van der Waals surface area contributed by atoms with Gasteiger partial charge in [-0.1, -0.05) is 30.3 Å². The molecule has 1 aromatic carbocycles. The molecule has 0 saturated heterocycles. The van der Waals surface area contributed by atoms with E-state index in [1.807, 2.05) is 30.3 Å². The van der Waals surface area contributed by atoms with Crippen molar-refractivity contribution in [3.8, 4) is 0 Å². The fraction of sp³-hybridized carbons (Fsp3) is 0. The van der Waals surface area contributed by atoms with Crippen LogP contribution in [0.4, 0.5) is 0 Å². The van der Waals surface area contributed by atoms with Crippen molar-refractivity contribution in [1.82, 2.24) is 0 Å². The van der Waals surface area contributed by atoms with Crippen LogP contribution in [0.1, 0.15) is 0 Å². The Morgan fingerprint density at radius 2 is 1.54 bits per heavy atom. The average molecular weight is 268 g/mol. The van der Waals surface area contributed by atoms with Gasteiger partial charge in [-0.05, 0) is 7.75 Å². The molecule has 0 aromatic heterocycles. The van der Waals surface area contributed by atoms with E-state index in [-0.39, 0.29) is 17.1 Å². The first-order valence-electron chi connectivity index (χ1n) is 2.92. The third-order valence-corrected chi connectivity index (χ3v) is 1.02. The number of hydrogen-bond donors (Lipinski definition) is 1. The molecule has 0 saturated carbocycles. The van der Waals surface area contributed by atoms with Gasteiger partial charge in [0.15, 0.2) is 0 Å². The van der Waals surface area contributed by atoms with Crippen LogP contribution in [0.2, 0.25) is 0 Å². The van der Waals surface area contributed by atoms with Crippen molar-refractivity contribution in [1.29, 1.82) is 0 Å². The van der Waals surface area contributed by atoms with Crippen LogP contribution in [0.25, 0.3) is 0 Å². The Kier molecular flexibility index (Phi) is 8.93. The Hall–Kier alpha value is 0.0695. The molecule has 0 aliphatic carbocycles. The predicted octanol–water partition coefficient (Wildman–Crippen LogP) is -0.636. The zero-order valence-electron chi connectivity index (χ0n) is 6.35. The van der Waals surface area contributed by atoms with Gasteiger partial charge in [0.05, 0.1) is 0 Å². The van der Waals surface area contributed by atoms with Crippen LogP contribution in [0.3, 0.4) is 0 Å². The third kappa shape index (κ3) is 18.8. The van der Waals surface area contributed by atoms with Gasteiger partial charge >= 0.3 is 17.1 Å². The van der Waals surface area contributed by atoms with Crippen LogP contribution < -0.4 is 15.3 Å². The zero-order valence-corrected chi connectivity index (χ0v) is 9.00. The number of nitrogens with two attached hydrogens (primary N) is 1. The molecule has 0 fully saturated rings. The van der Waals surface area contributed by atoms with Crippen molar-refractivity contribution in [2.75, 3.05) is 0 Å². The van der Waals surface area contributed by atoms with Crippen molar-refractivity contribution in [3.05, 3.63) is 30.3 Å². The van der Waals surface area contributed by atoms with E-state index in [4.69, 9.17) is 27.0 Å². The molecule has 2 N–H and O–H groups in total. The van der Waals surface area contributed by atoms with E-state index in [9.17, 15) is 0 Å². The minimum absolute atomic E-state index is 0. The van der Waals surface area contributed by atoms with Crippen LogP contribution >= 0.6 is 7.75 Å². The van der Waals surface area contributed by atoms with Gasteiger partial charge in [-0.15, -0.1) is 0 Å². The van der Waals surface area contributed by atoms with Crippen molar-refractivity contribution in [2.45, 2.75) is 4.90 Å². The molecule has 0 aliphatic heterocycles. The molecular weight excluding hydrogens is 261 g/mol. The van der Waals surface area contributed by atoms with Gasteiger partial charge in [-0.2, -0.15) is 4.90 Å². The fourth-order valence-electron chi connectivity index (χ4n) is 0.420. The molecule has 1 rings (SSSR count). The minimum Gasteiger partial charge on any atom is -0.799 e. The first-order chi connectivity index (χ1) is 5.39. The Bertz CT molecular complexity index is 258. The molecule has 7 heteroatoms. The smallest absolute Gasteiger partial charge is 0.799 e. The van der Waals surface area contributed by atoms with Gasteiger partial charge in [-0.25, -0.2) is 0 Å². The second-order valence-corrected chi connectivity index (χ2v) is 3.40. The summed E-state index contributed by atoms with van der Waals surface area (Å²) in [5.74, 6) is 0. The maximum atomic E-state index is 8.88. The molecule has 0 atom stereocenters. The molecule has 0 spiro atoms. The maximum absolute atomic E-state index is 8.88. The van der Waals surface area contributed by atoms with E-state index < -0.39 is 7.75 Å². The van der Waals surface area contributed by atoms with E-state index in [1.165, 1.54) is 0 Å². The van der Waals surface area contributed by atoms with Crippen LogP contribution in [0, 0.1) is 0 Å². The summed E-state index contributed by atoms with van der Waals surface area (Å²) >= 11 is 4.81. The van der Waals surface area contributed by atoms with Crippen molar-refractivity contribution in [3.63, 3.8) is 0 Å². The molecule has 4 nitrogen and oxygen atoms in total. The summed E-state index contributed by atoms with van der Waals surface area (Å²) in [7, 11) is -4.64. The molecule has 0 aliphatic rings. The first kappa shape index (κ1) is 15.5. The average Bonchev–Trinajstić information content (AvgIpc) is 1.85. The zero-order chi connectivity index (χ0) is 9.61. The summed E-state index contributed by atoms with van der Waals surface area (Å²) in [4.78, 5) is 18.7. The van der Waals surface area contributed by atoms with Gasteiger partial charge in [0, 0.05) is 0 Å². The van der Waals surface area contributed by atoms with Gasteiger partial charge in [0.1, 0.15) is 0 Å². The van der Waals surface area contributed by atoms with Crippen molar-refractivity contribution in [2.24, 2.45) is 5.50 Å². The van der Waals surface area contributed by atoms with Crippen LogP contribution in [0.15, 0.2) is 35.2 Å². The number of hydrogen-bond acceptors (Lipinski definition) is 4. The van der Waals surface area contributed by atoms with Gasteiger partial charge in [0.25, 0.3) is 0 Å². The van der Waals surface area contributed by atoms with Crippen molar-refractivity contribution < 1.29 is 31.4 Å². The molecular formula is C6H7CuNO3PS-. The summed E-state index contributed by atoms with van der Waals surface area (Å²) in [5.41, 5.74) is 3.80. The molecule has 0 amide bonds. The Balaban J connectivity index is 0. The van der Waals surface area contributed by atoms with Gasteiger partial charge in [0.2, 0.25) is 0 Å². The topological polar surface area (TPSA) is 89.2 Å². The molecule has 13 heavy (non-hydrogen) atoms. The summed E-state index contributed by atoms with van der Waals surface area (Å²) in [6.07, 6.45) is 0. The predicted molar refractivity (Wildman–Crippen MR) is 43.9 cm³/mol. The largest absolute Gasteiger partial charge is 2.00 e. The van der Waals surface area contributed by atoms with E-state index in [0.717, 1.165) is 4.90 Å². The summed E-state index contributed by atoms with van der Waals surface area (Å²) in [6.45, 7) is 0. The maximum Gasteiger partial charge on any atom is 2.00 e. The van der Waals surface area contributed by atoms with E-state index >= 15 is 0 Å². The SMILES string of the molecule is NP(=O)([O-])[O-].[Cu+2].[S-]c1ccccc1. The Morgan fingerprint density at radius 3 is 1.69 bits per heavy atom. The molecule has 0 heterocycles.